The number of nitrogens with zero attached hydrogens (tertiary/aromatic N) is 3. The molecule has 12 atom stereocenters. The molecule has 2 aliphatic carbocycles. The van der Waals surface area contributed by atoms with Gasteiger partial charge in [0.25, 0.3) is 0 Å². The molecule has 290 valence electrons. The number of rotatable bonds is 13. The summed E-state index contributed by atoms with van der Waals surface area (Å²) >= 11 is 1.47. The van der Waals surface area contributed by atoms with E-state index < -0.39 is 54.3 Å². The van der Waals surface area contributed by atoms with E-state index in [2.05, 4.69) is 57.6 Å². The van der Waals surface area contributed by atoms with Crippen LogP contribution in [0.1, 0.15) is 85.0 Å². The highest BCUT2D eigenvalue weighted by molar-refractivity contribution is 8.00. The fraction of sp³-hybridized carbons (Fsp3) is 1.00. The third-order valence-corrected chi connectivity index (χ3v) is 16.6. The fourth-order valence-corrected chi connectivity index (χ4v) is 12.7. The Morgan fingerprint density at radius 1 is 1.06 bits per heavy atom. The summed E-state index contributed by atoms with van der Waals surface area (Å²) in [6.45, 7) is 8.03. The van der Waals surface area contributed by atoms with E-state index >= 15 is 8.78 Å². The smallest absolute Gasteiger partial charge is 0.244 e. The summed E-state index contributed by atoms with van der Waals surface area (Å²) in [7, 11) is 1.95. The molecule has 5 rings (SSSR count). The van der Waals surface area contributed by atoms with Crippen molar-refractivity contribution in [1.82, 2.24) is 36.6 Å². The lowest BCUT2D eigenvalue weighted by Gasteiger charge is -2.50. The van der Waals surface area contributed by atoms with Gasteiger partial charge in [0.05, 0.1) is 28.5 Å². The van der Waals surface area contributed by atoms with E-state index in [1.165, 1.54) is 32.0 Å². The summed E-state index contributed by atoms with van der Waals surface area (Å²) in [6.07, 6.45) is 1.71. The number of nitrogens with one attached hydrogen (secondary N) is 5. The zero-order chi connectivity index (χ0) is 36.4. The molecule has 5 fully saturated rings. The summed E-state index contributed by atoms with van der Waals surface area (Å²) in [6, 6.07) is -1.09. The second kappa shape index (κ2) is 17.1. The summed E-state index contributed by atoms with van der Waals surface area (Å²) in [5.41, 5.74) is 6.26. The van der Waals surface area contributed by atoms with Gasteiger partial charge in [0.15, 0.2) is 16.0 Å². The highest BCUT2D eigenvalue weighted by Gasteiger charge is 2.55. The Bertz CT molecular complexity index is 1230. The Hall–Kier alpha value is -0.760. The number of hydrogen-bond acceptors (Lipinski definition) is 13. The lowest BCUT2D eigenvalue weighted by Crippen LogP contribution is -2.75. The lowest BCUT2D eigenvalue weighted by atomic mass is 9.77. The van der Waals surface area contributed by atoms with Crippen LogP contribution in [0.25, 0.3) is 0 Å². The number of sulfone groups is 1. The van der Waals surface area contributed by atoms with Gasteiger partial charge in [-0.05, 0) is 118 Å². The minimum Gasteiger partial charge on any atom is -0.375 e. The average molecular weight is 753 g/mol. The minimum atomic E-state index is -4.00. The maximum atomic E-state index is 16.1. The number of ether oxygens (including phenoxy) is 1. The van der Waals surface area contributed by atoms with Gasteiger partial charge in [-0.1, -0.05) is 0 Å². The van der Waals surface area contributed by atoms with Gasteiger partial charge >= 0.3 is 0 Å². The third kappa shape index (κ3) is 9.12. The molecule has 0 amide bonds. The molecule has 5 aliphatic rings. The fourth-order valence-electron chi connectivity index (χ4n) is 8.93. The first-order valence-corrected chi connectivity index (χ1v) is 21.1. The second-order valence-electron chi connectivity index (χ2n) is 16.2. The SMILES string of the molecule is COC1C(NC2CC(C)NN2)NC(SC2CCC(S(=O)(=O)C(C)(C)C3CCCC([N+](=O)[O-])C3F)CC2F)NC1N1CCC(CCN(C)C)CC1. The Kier molecular flexibility index (Phi) is 13.9. The van der Waals surface area contributed by atoms with Crippen molar-refractivity contribution in [2.75, 3.05) is 40.8 Å². The van der Waals surface area contributed by atoms with Crippen LogP contribution >= 0.6 is 11.8 Å². The number of alkyl halides is 2. The first-order chi connectivity index (χ1) is 23.6. The van der Waals surface area contributed by atoms with Gasteiger partial charge in [-0.25, -0.2) is 22.6 Å². The Morgan fingerprint density at radius 3 is 2.38 bits per heavy atom. The number of nitro groups is 1. The third-order valence-electron chi connectivity index (χ3n) is 12.1. The van der Waals surface area contributed by atoms with Crippen LogP contribution in [0.3, 0.4) is 0 Å². The molecule has 3 heterocycles. The number of hydrogen-bond donors (Lipinski definition) is 5. The van der Waals surface area contributed by atoms with Crippen LogP contribution in [0.15, 0.2) is 0 Å². The molecular weight excluding hydrogens is 691 g/mol. The number of halogens is 2. The topological polar surface area (TPSA) is 153 Å². The number of thioether (sulfide) groups is 1. The van der Waals surface area contributed by atoms with Crippen molar-refractivity contribution in [1.29, 1.82) is 0 Å². The Labute approximate surface area is 301 Å². The molecule has 2 saturated carbocycles. The largest absolute Gasteiger partial charge is 0.375 e. The van der Waals surface area contributed by atoms with Crippen LogP contribution in [0.4, 0.5) is 8.78 Å². The van der Waals surface area contributed by atoms with E-state index in [0.717, 1.165) is 38.9 Å². The summed E-state index contributed by atoms with van der Waals surface area (Å²) < 4.78 is 64.1. The van der Waals surface area contributed by atoms with Crippen LogP contribution in [0, 0.1) is 22.0 Å². The van der Waals surface area contributed by atoms with Gasteiger partial charge in [0.1, 0.15) is 17.8 Å². The highest BCUT2D eigenvalue weighted by Crippen LogP contribution is 2.45. The molecule has 17 heteroatoms. The quantitative estimate of drug-likeness (QED) is 0.139. The number of piperidine rings is 1. The number of methoxy groups -OCH3 is 1. The van der Waals surface area contributed by atoms with Crippen LogP contribution < -0.4 is 26.8 Å². The van der Waals surface area contributed by atoms with Crippen LogP contribution in [-0.4, -0.2) is 134 Å². The minimum absolute atomic E-state index is 0.0213. The molecule has 5 N–H and O–H groups in total. The average Bonchev–Trinajstić information content (AvgIpc) is 3.48. The molecule has 0 bridgehead atoms. The molecule has 0 spiro atoms. The maximum Gasteiger partial charge on any atom is 0.244 e. The molecule has 13 nitrogen and oxygen atoms in total. The Balaban J connectivity index is 1.25. The van der Waals surface area contributed by atoms with Crippen LogP contribution in [-0.2, 0) is 14.6 Å². The van der Waals surface area contributed by atoms with Gasteiger partial charge in [0, 0.05) is 35.7 Å². The van der Waals surface area contributed by atoms with E-state index in [4.69, 9.17) is 4.74 Å². The molecule has 12 unspecified atom stereocenters. The van der Waals surface area contributed by atoms with Gasteiger partial charge in [-0.2, -0.15) is 0 Å². The van der Waals surface area contributed by atoms with Crippen molar-refractivity contribution in [2.45, 2.75) is 155 Å². The predicted molar refractivity (Wildman–Crippen MR) is 193 cm³/mol. The first kappa shape index (κ1) is 40.4. The van der Waals surface area contributed by atoms with E-state index in [9.17, 15) is 18.5 Å². The predicted octanol–water partition coefficient (Wildman–Crippen LogP) is 2.57. The molecule has 0 aromatic heterocycles. The van der Waals surface area contributed by atoms with Crippen molar-refractivity contribution in [3.8, 4) is 0 Å². The zero-order valence-corrected chi connectivity index (χ0v) is 32.3. The maximum absolute atomic E-state index is 16.1. The van der Waals surface area contributed by atoms with Gasteiger partial charge < -0.3 is 9.64 Å². The van der Waals surface area contributed by atoms with Crippen molar-refractivity contribution >= 4 is 21.6 Å². The molecule has 0 aromatic carbocycles. The normalized spacial score (nSPS) is 39.9. The highest BCUT2D eigenvalue weighted by atomic mass is 32.2. The summed E-state index contributed by atoms with van der Waals surface area (Å²) in [5.74, 6) is -0.323. The van der Waals surface area contributed by atoms with Crippen molar-refractivity contribution < 1.29 is 26.9 Å². The molecule has 50 heavy (non-hydrogen) atoms. The van der Waals surface area contributed by atoms with Gasteiger partial charge in [-0.3, -0.25) is 36.4 Å². The number of hydrazine groups is 1. The molecule has 3 aliphatic heterocycles. The molecule has 3 saturated heterocycles. The van der Waals surface area contributed by atoms with E-state index in [1.54, 1.807) is 7.11 Å². The number of likely N-dealkylation sites (tertiary alicyclic amines) is 1. The monoisotopic (exact) mass is 752 g/mol. The van der Waals surface area contributed by atoms with E-state index in [-0.39, 0.29) is 55.8 Å². The van der Waals surface area contributed by atoms with Crippen molar-refractivity contribution in [3.63, 3.8) is 0 Å². The molecule has 0 aromatic rings. The van der Waals surface area contributed by atoms with Crippen LogP contribution in [0.5, 0.6) is 0 Å². The summed E-state index contributed by atoms with van der Waals surface area (Å²) in [5, 5.41) is 21.1. The standard InChI is InChI=1S/C33H62F2N8O5S2/c1-20-18-27(40-39-20)36-30-29(48-6)31(42-16-13-21(14-17-42)12-15-41(4)5)38-32(37-30)49-26-11-10-22(19-24(26)34)50(46,47)33(2,3)23-8-7-9-25(28(23)35)43(44)45/h20-32,36-40H,7-19H2,1-6H3. The second-order valence-corrected chi connectivity index (χ2v) is 20.3. The van der Waals surface area contributed by atoms with Crippen LogP contribution in [0.2, 0.25) is 0 Å². The van der Waals surface area contributed by atoms with Gasteiger partial charge in [-0.15, -0.1) is 11.8 Å². The van der Waals surface area contributed by atoms with Crippen molar-refractivity contribution in [2.24, 2.45) is 11.8 Å². The van der Waals surface area contributed by atoms with Gasteiger partial charge in [0.2, 0.25) is 6.04 Å². The summed E-state index contributed by atoms with van der Waals surface area (Å²) in [4.78, 5) is 15.6. The van der Waals surface area contributed by atoms with E-state index in [1.807, 2.05) is 0 Å². The molecule has 0 radical (unpaired) electrons. The zero-order valence-electron chi connectivity index (χ0n) is 30.7. The molecular formula is C33H62F2N8O5S2. The first-order valence-electron chi connectivity index (χ1n) is 18.6. The van der Waals surface area contributed by atoms with E-state index in [0.29, 0.717) is 24.8 Å². The Morgan fingerprint density at radius 2 is 1.78 bits per heavy atom. The lowest BCUT2D eigenvalue weighted by molar-refractivity contribution is -0.536. The van der Waals surface area contributed by atoms with Crippen molar-refractivity contribution in [3.05, 3.63) is 10.1 Å².